The average Bonchev–Trinajstić information content (AvgIpc) is 2.61. The second kappa shape index (κ2) is 8.83. The van der Waals surface area contributed by atoms with Gasteiger partial charge in [0.05, 0.1) is 19.0 Å². The van der Waals surface area contributed by atoms with Crippen molar-refractivity contribution in [3.63, 3.8) is 0 Å². The summed E-state index contributed by atoms with van der Waals surface area (Å²) in [6.07, 6.45) is 7.93. The van der Waals surface area contributed by atoms with Crippen molar-refractivity contribution in [1.82, 2.24) is 9.62 Å². The van der Waals surface area contributed by atoms with Gasteiger partial charge >= 0.3 is 0 Å². The Hall–Kier alpha value is -0.950. The maximum atomic E-state index is 11.7. The molecule has 1 aromatic carbocycles. The lowest BCUT2D eigenvalue weighted by atomic mass is 9.83. The second-order valence-corrected chi connectivity index (χ2v) is 9.68. The van der Waals surface area contributed by atoms with Gasteiger partial charge in [-0.2, -0.15) is 0 Å². The largest absolute Gasteiger partial charge is 0.377 e. The van der Waals surface area contributed by atoms with Gasteiger partial charge in [0.25, 0.3) is 0 Å². The molecule has 0 aromatic heterocycles. The number of nitrogens with one attached hydrogen (secondary N) is 1. The van der Waals surface area contributed by atoms with Gasteiger partial charge in [0.2, 0.25) is 10.0 Å². The predicted octanol–water partition coefficient (Wildman–Crippen LogP) is 2.74. The van der Waals surface area contributed by atoms with Crippen molar-refractivity contribution in [3.8, 4) is 0 Å². The third-order valence-electron chi connectivity index (χ3n) is 5.87. The quantitative estimate of drug-likeness (QED) is 0.824. The summed E-state index contributed by atoms with van der Waals surface area (Å²) in [6, 6.07) is 10.8. The van der Waals surface area contributed by atoms with Crippen LogP contribution in [0.25, 0.3) is 0 Å². The van der Waals surface area contributed by atoms with Crippen LogP contribution >= 0.6 is 0 Å². The Bertz CT molecular complexity index is 657. The number of likely N-dealkylation sites (N-methyl/N-ethyl adjacent to an activating group) is 1. The summed E-state index contributed by atoms with van der Waals surface area (Å²) >= 11 is 0. The minimum absolute atomic E-state index is 0.0515. The number of hydrogen-bond acceptors (Lipinski definition) is 4. The zero-order valence-electron chi connectivity index (χ0n) is 15.9. The van der Waals surface area contributed by atoms with Crippen LogP contribution in [-0.2, 0) is 14.8 Å². The molecule has 1 aliphatic carbocycles. The van der Waals surface area contributed by atoms with Gasteiger partial charge in [-0.25, -0.2) is 13.1 Å². The number of likely N-dealkylation sites (tertiary alicyclic amines) is 1. The molecule has 5 nitrogen and oxygen atoms in total. The molecule has 1 saturated carbocycles. The molecule has 26 heavy (non-hydrogen) atoms. The molecule has 1 saturated heterocycles. The molecule has 6 heteroatoms. The fourth-order valence-electron chi connectivity index (χ4n) is 4.40. The van der Waals surface area contributed by atoms with Gasteiger partial charge in [0, 0.05) is 12.1 Å². The highest BCUT2D eigenvalue weighted by Crippen LogP contribution is 2.34. The summed E-state index contributed by atoms with van der Waals surface area (Å²) < 4.78 is 32.4. The molecule has 2 aliphatic rings. The molecular weight excluding hydrogens is 348 g/mol. The second-order valence-electron chi connectivity index (χ2n) is 7.90. The van der Waals surface area contributed by atoms with E-state index in [-0.39, 0.29) is 12.1 Å². The molecule has 2 fully saturated rings. The van der Waals surface area contributed by atoms with E-state index in [1.807, 2.05) is 0 Å². The number of ether oxygens (including phenoxy) is 1. The van der Waals surface area contributed by atoms with Crippen LogP contribution in [-0.4, -0.2) is 58.0 Å². The van der Waals surface area contributed by atoms with Crippen molar-refractivity contribution in [3.05, 3.63) is 35.9 Å². The van der Waals surface area contributed by atoms with Crippen molar-refractivity contribution < 1.29 is 13.2 Å². The first kappa shape index (κ1) is 19.8. The first-order chi connectivity index (χ1) is 12.4. The third-order valence-corrected chi connectivity index (χ3v) is 6.60. The lowest BCUT2D eigenvalue weighted by Crippen LogP contribution is -2.56. The maximum Gasteiger partial charge on any atom is 0.209 e. The molecule has 1 heterocycles. The molecule has 1 aromatic rings. The Labute approximate surface area is 158 Å². The zero-order valence-corrected chi connectivity index (χ0v) is 16.7. The lowest BCUT2D eigenvalue weighted by molar-refractivity contribution is -0.0209. The summed E-state index contributed by atoms with van der Waals surface area (Å²) in [7, 11) is -1.13. The van der Waals surface area contributed by atoms with E-state index in [1.54, 1.807) is 0 Å². The SMILES string of the molecule is CN1CCC[C@H](NS(C)(=O)=O)[C@@H]1CO[C@H]1CC[C@@H](c2ccccc2)CC1. The van der Waals surface area contributed by atoms with Crippen molar-refractivity contribution in [2.45, 2.75) is 62.6 Å². The molecule has 2 atom stereocenters. The number of sulfonamides is 1. The van der Waals surface area contributed by atoms with E-state index in [0.29, 0.717) is 18.6 Å². The van der Waals surface area contributed by atoms with Gasteiger partial charge in [-0.1, -0.05) is 30.3 Å². The van der Waals surface area contributed by atoms with Crippen LogP contribution < -0.4 is 4.72 Å². The summed E-state index contributed by atoms with van der Waals surface area (Å²) in [5.74, 6) is 0.646. The van der Waals surface area contributed by atoms with Crippen molar-refractivity contribution in [2.24, 2.45) is 0 Å². The van der Waals surface area contributed by atoms with Crippen molar-refractivity contribution >= 4 is 10.0 Å². The van der Waals surface area contributed by atoms with Crippen LogP contribution in [0.5, 0.6) is 0 Å². The van der Waals surface area contributed by atoms with E-state index in [1.165, 1.54) is 24.7 Å². The molecule has 1 N–H and O–H groups in total. The Morgan fingerprint density at radius 3 is 2.46 bits per heavy atom. The predicted molar refractivity (Wildman–Crippen MR) is 105 cm³/mol. The Kier molecular flexibility index (Phi) is 6.72. The van der Waals surface area contributed by atoms with Crippen LogP contribution in [0, 0.1) is 0 Å². The fraction of sp³-hybridized carbons (Fsp3) is 0.700. The van der Waals surface area contributed by atoms with E-state index in [4.69, 9.17) is 4.74 Å². The van der Waals surface area contributed by atoms with Gasteiger partial charge in [-0.15, -0.1) is 0 Å². The summed E-state index contributed by atoms with van der Waals surface area (Å²) in [5, 5.41) is 0. The minimum Gasteiger partial charge on any atom is -0.377 e. The standard InChI is InChI=1S/C20H32N2O3S/c1-22-14-6-9-19(21-26(2,23)24)20(22)15-25-18-12-10-17(11-13-18)16-7-4-3-5-8-16/h3-5,7-8,17-21H,6,9-15H2,1-2H3/t17-,18+,19-,20-/m0/s1. The van der Waals surface area contributed by atoms with E-state index in [2.05, 4.69) is 47.0 Å². The van der Waals surface area contributed by atoms with Crippen LogP contribution in [0.1, 0.15) is 50.0 Å². The highest BCUT2D eigenvalue weighted by molar-refractivity contribution is 7.88. The molecule has 146 valence electrons. The fourth-order valence-corrected chi connectivity index (χ4v) is 5.23. The monoisotopic (exact) mass is 380 g/mol. The average molecular weight is 381 g/mol. The van der Waals surface area contributed by atoms with Crippen LogP contribution in [0.3, 0.4) is 0 Å². The first-order valence-electron chi connectivity index (χ1n) is 9.76. The van der Waals surface area contributed by atoms with Gasteiger partial charge in [-0.3, -0.25) is 4.90 Å². The highest BCUT2D eigenvalue weighted by atomic mass is 32.2. The maximum absolute atomic E-state index is 11.7. The number of piperidine rings is 1. The number of rotatable bonds is 6. The van der Waals surface area contributed by atoms with Gasteiger partial charge in [-0.05, 0) is 63.6 Å². The number of nitrogens with zero attached hydrogens (tertiary/aromatic N) is 1. The van der Waals surface area contributed by atoms with Crippen molar-refractivity contribution in [1.29, 1.82) is 0 Å². The third kappa shape index (κ3) is 5.52. The molecule has 0 radical (unpaired) electrons. The highest BCUT2D eigenvalue weighted by Gasteiger charge is 2.32. The first-order valence-corrected chi connectivity index (χ1v) is 11.7. The Balaban J connectivity index is 1.50. The number of hydrogen-bond donors (Lipinski definition) is 1. The zero-order chi connectivity index (χ0) is 18.6. The van der Waals surface area contributed by atoms with Crippen LogP contribution in [0.2, 0.25) is 0 Å². The van der Waals surface area contributed by atoms with E-state index in [9.17, 15) is 8.42 Å². The van der Waals surface area contributed by atoms with Crippen LogP contribution in [0.15, 0.2) is 30.3 Å². The van der Waals surface area contributed by atoms with E-state index < -0.39 is 10.0 Å². The minimum atomic E-state index is -3.19. The van der Waals surface area contributed by atoms with E-state index >= 15 is 0 Å². The molecular formula is C20H32N2O3S. The molecule has 3 rings (SSSR count). The van der Waals surface area contributed by atoms with Gasteiger partial charge in [0.15, 0.2) is 0 Å². The Morgan fingerprint density at radius 1 is 1.12 bits per heavy atom. The van der Waals surface area contributed by atoms with E-state index in [0.717, 1.165) is 32.2 Å². The van der Waals surface area contributed by atoms with Crippen molar-refractivity contribution in [2.75, 3.05) is 26.5 Å². The molecule has 0 bridgehead atoms. The molecule has 0 spiro atoms. The molecule has 1 aliphatic heterocycles. The van der Waals surface area contributed by atoms with Gasteiger partial charge < -0.3 is 4.74 Å². The normalized spacial score (nSPS) is 31.0. The smallest absolute Gasteiger partial charge is 0.209 e. The molecule has 0 unspecified atom stereocenters. The Morgan fingerprint density at radius 2 is 1.81 bits per heavy atom. The van der Waals surface area contributed by atoms with Gasteiger partial charge in [0.1, 0.15) is 0 Å². The molecule has 0 amide bonds. The summed E-state index contributed by atoms with van der Waals surface area (Å²) in [4.78, 5) is 2.24. The summed E-state index contributed by atoms with van der Waals surface area (Å²) in [6.45, 7) is 1.60. The summed E-state index contributed by atoms with van der Waals surface area (Å²) in [5.41, 5.74) is 1.44. The van der Waals surface area contributed by atoms with Crippen LogP contribution in [0.4, 0.5) is 0 Å². The number of benzene rings is 1. The lowest BCUT2D eigenvalue weighted by Gasteiger charge is -2.40. The topological polar surface area (TPSA) is 58.6 Å².